The summed E-state index contributed by atoms with van der Waals surface area (Å²) >= 11 is 0. The highest BCUT2D eigenvalue weighted by Crippen LogP contribution is 2.61. The van der Waals surface area contributed by atoms with Crippen molar-refractivity contribution in [3.05, 3.63) is 58.1 Å². The second-order valence-electron chi connectivity index (χ2n) is 14.9. The van der Waals surface area contributed by atoms with Gasteiger partial charge in [-0.25, -0.2) is 14.4 Å². The third kappa shape index (κ3) is 6.47. The van der Waals surface area contributed by atoms with Crippen LogP contribution in [0.3, 0.4) is 0 Å². The van der Waals surface area contributed by atoms with Gasteiger partial charge >= 0.3 is 0 Å². The van der Waals surface area contributed by atoms with E-state index in [9.17, 15) is 14.0 Å². The number of carbonyl (C=O) groups excluding carboxylic acids is 1. The molecule has 3 aliphatic carbocycles. The van der Waals surface area contributed by atoms with Crippen LogP contribution in [0.1, 0.15) is 46.1 Å². The zero-order valence-corrected chi connectivity index (χ0v) is 29.2. The first-order chi connectivity index (χ1) is 23.5. The average molecular weight is 674 g/mol. The standard InChI is InChI=1S/C37H48FN7O4/c1-22-20-44(21-33(46)39-22)35(41-31-17-25-16-29(23(31)2)37(25,3)4)40-26-7-9-28-32(18-26)42-36(43-12-14-49-15-13-43)45(34(28)47)11-10-24-6-8-27(48-5)19-30(24)38/h6-9,18-19,22-23,25,29,31H,10-17,20-21H2,1-5H3,(H,39,46)(H,40,41)/t22-,23-,25-,29+,31?/m0/s1. The van der Waals surface area contributed by atoms with Crippen LogP contribution < -0.4 is 25.8 Å². The SMILES string of the molecule is COc1ccc(CCn2c(N3CCOCC3)nc3cc(NC(=NC4C[C@@H]5C[C@H]([C@@H]4C)C5(C)C)N4CC(=O)N[C@@H](C)C4)ccc3c2=O)c(F)c1. The summed E-state index contributed by atoms with van der Waals surface area (Å²) in [6.07, 6.45) is 2.62. The van der Waals surface area contributed by atoms with Crippen molar-refractivity contribution in [1.82, 2.24) is 19.8 Å². The Balaban J connectivity index is 1.22. The van der Waals surface area contributed by atoms with Crippen molar-refractivity contribution in [1.29, 1.82) is 0 Å². The Morgan fingerprint density at radius 3 is 2.63 bits per heavy atom. The minimum atomic E-state index is -0.369. The smallest absolute Gasteiger partial charge is 0.262 e. The lowest BCUT2D eigenvalue weighted by atomic mass is 9.45. The Labute approximate surface area is 286 Å². The van der Waals surface area contributed by atoms with Gasteiger partial charge < -0.3 is 29.9 Å². The number of piperazine rings is 1. The van der Waals surface area contributed by atoms with Gasteiger partial charge in [0.1, 0.15) is 11.6 Å². The number of nitrogens with one attached hydrogen (secondary N) is 2. The molecular weight excluding hydrogens is 625 g/mol. The highest BCUT2D eigenvalue weighted by atomic mass is 19.1. The maximum absolute atomic E-state index is 14.8. The molecule has 1 amide bonds. The molecule has 2 aliphatic heterocycles. The predicted molar refractivity (Wildman–Crippen MR) is 189 cm³/mol. The molecule has 8 rings (SSSR count). The zero-order valence-electron chi connectivity index (χ0n) is 29.2. The van der Waals surface area contributed by atoms with Gasteiger partial charge in [0.05, 0.1) is 43.8 Å². The summed E-state index contributed by atoms with van der Waals surface area (Å²) in [6.45, 7) is 12.5. The summed E-state index contributed by atoms with van der Waals surface area (Å²) in [5, 5.41) is 7.05. The fourth-order valence-corrected chi connectivity index (χ4v) is 8.45. The van der Waals surface area contributed by atoms with E-state index in [2.05, 4.69) is 36.3 Å². The summed E-state index contributed by atoms with van der Waals surface area (Å²) in [5.41, 5.74) is 1.97. The number of methoxy groups -OCH3 is 1. The molecule has 5 atom stereocenters. The van der Waals surface area contributed by atoms with Gasteiger partial charge in [0.2, 0.25) is 11.9 Å². The maximum atomic E-state index is 14.8. The number of rotatable bonds is 7. The molecule has 3 heterocycles. The van der Waals surface area contributed by atoms with Gasteiger partial charge in [-0.1, -0.05) is 26.8 Å². The van der Waals surface area contributed by atoms with Gasteiger partial charge in [0.15, 0.2) is 5.96 Å². The number of carbonyl (C=O) groups is 1. The fraction of sp³-hybridized carbons (Fsp3) is 0.568. The van der Waals surface area contributed by atoms with Crippen molar-refractivity contribution >= 4 is 34.4 Å². The van der Waals surface area contributed by atoms with Gasteiger partial charge in [-0.3, -0.25) is 14.2 Å². The molecule has 1 aromatic heterocycles. The molecular formula is C37H48FN7O4. The van der Waals surface area contributed by atoms with Crippen molar-refractivity contribution < 1.29 is 18.7 Å². The molecule has 3 saturated carbocycles. The number of halogens is 1. The number of fused-ring (bicyclic) bond motifs is 3. The first kappa shape index (κ1) is 33.3. The van der Waals surface area contributed by atoms with Gasteiger partial charge in [0.25, 0.3) is 5.56 Å². The largest absolute Gasteiger partial charge is 0.497 e. The van der Waals surface area contributed by atoms with Crippen LogP contribution in [0.5, 0.6) is 5.75 Å². The number of nitrogens with zero attached hydrogens (tertiary/aromatic N) is 5. The summed E-state index contributed by atoms with van der Waals surface area (Å²) in [6, 6.07) is 10.5. The molecule has 2 saturated heterocycles. The quantitative estimate of drug-likeness (QED) is 0.283. The molecule has 5 aliphatic rings. The van der Waals surface area contributed by atoms with Gasteiger partial charge in [-0.05, 0) is 79.2 Å². The number of anilines is 2. The second-order valence-corrected chi connectivity index (χ2v) is 14.9. The fourth-order valence-electron chi connectivity index (χ4n) is 8.45. The Bertz CT molecular complexity index is 1820. The van der Waals surface area contributed by atoms with Crippen molar-refractivity contribution in [3.63, 3.8) is 0 Å². The Kier molecular flexibility index (Phi) is 9.02. The molecule has 0 radical (unpaired) electrons. The van der Waals surface area contributed by atoms with E-state index in [-0.39, 0.29) is 42.5 Å². The van der Waals surface area contributed by atoms with Crippen LogP contribution in [-0.4, -0.2) is 84.9 Å². The van der Waals surface area contributed by atoms with Crippen LogP contribution >= 0.6 is 0 Å². The monoisotopic (exact) mass is 673 g/mol. The molecule has 5 fully saturated rings. The molecule has 3 aromatic rings. The molecule has 2 bridgehead atoms. The number of ether oxygens (including phenoxy) is 2. The summed E-state index contributed by atoms with van der Waals surface area (Å²) in [7, 11) is 1.50. The average Bonchev–Trinajstić information content (AvgIpc) is 3.08. The van der Waals surface area contributed by atoms with Gasteiger partial charge in [0, 0.05) is 44.0 Å². The number of hydrogen-bond donors (Lipinski definition) is 2. The third-order valence-corrected chi connectivity index (χ3v) is 11.5. The predicted octanol–water partition coefficient (Wildman–Crippen LogP) is 4.28. The van der Waals surface area contributed by atoms with E-state index in [4.69, 9.17) is 19.5 Å². The molecule has 2 N–H and O–H groups in total. The van der Waals surface area contributed by atoms with E-state index < -0.39 is 0 Å². The molecule has 2 aromatic carbocycles. The number of aryl methyl sites for hydroxylation is 1. The molecule has 12 heteroatoms. The molecule has 1 unspecified atom stereocenters. The van der Waals surface area contributed by atoms with Crippen LogP contribution in [0.15, 0.2) is 46.2 Å². The third-order valence-electron chi connectivity index (χ3n) is 11.5. The van der Waals surface area contributed by atoms with Crippen LogP contribution in [0.25, 0.3) is 10.9 Å². The van der Waals surface area contributed by atoms with Gasteiger partial charge in [-0.15, -0.1) is 0 Å². The lowest BCUT2D eigenvalue weighted by molar-refractivity contribution is -0.124. The number of benzene rings is 2. The maximum Gasteiger partial charge on any atom is 0.262 e. The summed E-state index contributed by atoms with van der Waals surface area (Å²) < 4.78 is 27.3. The highest BCUT2D eigenvalue weighted by molar-refractivity contribution is 5.98. The Hall–Kier alpha value is -4.19. The van der Waals surface area contributed by atoms with Crippen molar-refractivity contribution in [2.75, 3.05) is 56.7 Å². The van der Waals surface area contributed by atoms with E-state index in [1.165, 1.54) is 19.6 Å². The van der Waals surface area contributed by atoms with E-state index in [0.29, 0.717) is 96.6 Å². The topological polar surface area (TPSA) is 113 Å². The minimum absolute atomic E-state index is 0.0106. The first-order valence-electron chi connectivity index (χ1n) is 17.6. The van der Waals surface area contributed by atoms with Crippen molar-refractivity contribution in [2.24, 2.45) is 28.2 Å². The number of amides is 1. The molecule has 0 spiro atoms. The second kappa shape index (κ2) is 13.3. The van der Waals surface area contributed by atoms with Crippen LogP contribution in [-0.2, 0) is 22.5 Å². The Morgan fingerprint density at radius 2 is 1.94 bits per heavy atom. The molecule has 262 valence electrons. The minimum Gasteiger partial charge on any atom is -0.497 e. The lowest BCUT2D eigenvalue weighted by Gasteiger charge is -2.61. The number of aliphatic imine (C=N–C) groups is 1. The van der Waals surface area contributed by atoms with E-state index in [0.717, 1.165) is 12.1 Å². The lowest BCUT2D eigenvalue weighted by Crippen LogP contribution is -2.58. The molecule has 49 heavy (non-hydrogen) atoms. The van der Waals surface area contributed by atoms with Crippen LogP contribution in [0, 0.1) is 29.0 Å². The van der Waals surface area contributed by atoms with Gasteiger partial charge in [-0.2, -0.15) is 0 Å². The van der Waals surface area contributed by atoms with Crippen molar-refractivity contribution in [3.8, 4) is 5.75 Å². The normalized spacial score (nSPS) is 26.7. The van der Waals surface area contributed by atoms with E-state index in [1.54, 1.807) is 22.8 Å². The van der Waals surface area contributed by atoms with Crippen LogP contribution in [0.4, 0.5) is 16.0 Å². The highest BCUT2D eigenvalue weighted by Gasteiger charge is 2.56. The number of aromatic nitrogens is 2. The van der Waals surface area contributed by atoms with Crippen molar-refractivity contribution in [2.45, 2.75) is 65.6 Å². The number of guanidine groups is 1. The first-order valence-corrected chi connectivity index (χ1v) is 17.6. The Morgan fingerprint density at radius 1 is 1.14 bits per heavy atom. The summed E-state index contributed by atoms with van der Waals surface area (Å²) in [4.78, 5) is 41.2. The summed E-state index contributed by atoms with van der Waals surface area (Å²) in [5.74, 6) is 3.00. The number of morpholine rings is 1. The van der Waals surface area contributed by atoms with E-state index in [1.807, 2.05) is 24.0 Å². The van der Waals surface area contributed by atoms with E-state index >= 15 is 0 Å². The zero-order chi connectivity index (χ0) is 34.4. The van der Waals surface area contributed by atoms with Crippen LogP contribution in [0.2, 0.25) is 0 Å². The number of hydrogen-bond acceptors (Lipinski definition) is 7. The molecule has 11 nitrogen and oxygen atoms in total.